The zero-order valence-corrected chi connectivity index (χ0v) is 15.6. The van der Waals surface area contributed by atoms with Crippen LogP contribution in [0, 0.1) is 0 Å². The molecule has 2 aromatic carbocycles. The highest BCUT2D eigenvalue weighted by Gasteiger charge is 2.21. The maximum atomic E-state index is 12.5. The van der Waals surface area contributed by atoms with Gasteiger partial charge in [0.25, 0.3) is 0 Å². The third kappa shape index (κ3) is 4.74. The lowest BCUT2D eigenvalue weighted by atomic mass is 10.1. The molecule has 7 nitrogen and oxygen atoms in total. The Labute approximate surface area is 155 Å². The summed E-state index contributed by atoms with van der Waals surface area (Å²) in [4.78, 5) is 23.6. The van der Waals surface area contributed by atoms with Gasteiger partial charge >= 0.3 is 11.9 Å². The molecular formula is C17H16ClNO6S. The van der Waals surface area contributed by atoms with Gasteiger partial charge in [0.15, 0.2) is 0 Å². The van der Waals surface area contributed by atoms with Crippen LogP contribution in [0.1, 0.15) is 26.3 Å². The number of carbonyl (C=O) groups excluding carboxylic acids is 2. The van der Waals surface area contributed by atoms with Crippen LogP contribution in [0.3, 0.4) is 0 Å². The maximum Gasteiger partial charge on any atom is 0.339 e. The minimum Gasteiger partial charge on any atom is -0.465 e. The number of nitrogens with one attached hydrogen (secondary N) is 1. The average molecular weight is 398 g/mol. The summed E-state index contributed by atoms with van der Waals surface area (Å²) in [5.74, 6) is -1.83. The Morgan fingerprint density at radius 1 is 1.04 bits per heavy atom. The van der Waals surface area contributed by atoms with E-state index >= 15 is 0 Å². The molecule has 0 saturated heterocycles. The number of ether oxygens (including phenoxy) is 2. The summed E-state index contributed by atoms with van der Waals surface area (Å²) in [7, 11) is -1.56. The fraction of sp³-hybridized carbons (Fsp3) is 0.176. The summed E-state index contributed by atoms with van der Waals surface area (Å²) in [6, 6.07) is 10.3. The lowest BCUT2D eigenvalue weighted by molar-refractivity contribution is 0.0587. The van der Waals surface area contributed by atoms with Crippen molar-refractivity contribution in [2.24, 2.45) is 0 Å². The predicted molar refractivity (Wildman–Crippen MR) is 96.8 cm³/mol. The Bertz CT molecular complexity index is 942. The van der Waals surface area contributed by atoms with Gasteiger partial charge in [0, 0.05) is 5.02 Å². The number of hydrogen-bond acceptors (Lipinski definition) is 6. The molecule has 2 rings (SSSR count). The van der Waals surface area contributed by atoms with E-state index in [-0.39, 0.29) is 16.8 Å². The first kappa shape index (κ1) is 19.7. The van der Waals surface area contributed by atoms with E-state index in [2.05, 4.69) is 14.2 Å². The first-order chi connectivity index (χ1) is 12.3. The monoisotopic (exact) mass is 397 g/mol. The van der Waals surface area contributed by atoms with Gasteiger partial charge in [-0.1, -0.05) is 29.8 Å². The molecule has 0 bridgehead atoms. The Morgan fingerprint density at radius 2 is 1.69 bits per heavy atom. The smallest absolute Gasteiger partial charge is 0.339 e. The number of halogens is 1. The van der Waals surface area contributed by atoms with E-state index in [4.69, 9.17) is 11.6 Å². The van der Waals surface area contributed by atoms with Gasteiger partial charge in [-0.25, -0.2) is 18.0 Å². The molecule has 0 radical (unpaired) electrons. The summed E-state index contributed by atoms with van der Waals surface area (Å²) in [5, 5.41) is 0.300. The molecule has 138 valence electrons. The van der Waals surface area contributed by atoms with Crippen molar-refractivity contribution in [3.63, 3.8) is 0 Å². The predicted octanol–water partition coefficient (Wildman–Crippen LogP) is 2.86. The zero-order chi connectivity index (χ0) is 19.3. The van der Waals surface area contributed by atoms with E-state index in [0.717, 1.165) is 0 Å². The van der Waals surface area contributed by atoms with Crippen LogP contribution in [0.5, 0.6) is 0 Å². The number of carbonyl (C=O) groups is 2. The second-order valence-corrected chi connectivity index (χ2v) is 7.33. The second-order valence-electron chi connectivity index (χ2n) is 5.20. The fourth-order valence-electron chi connectivity index (χ4n) is 2.19. The van der Waals surface area contributed by atoms with E-state index in [1.807, 2.05) is 0 Å². The quantitative estimate of drug-likeness (QED) is 0.752. The highest BCUT2D eigenvalue weighted by atomic mass is 35.5. The number of methoxy groups -OCH3 is 2. The maximum absolute atomic E-state index is 12.5. The SMILES string of the molecule is COC(=O)c1ccc(C(=O)OC)c(NS(=O)(=O)Cc2ccccc2Cl)c1. The van der Waals surface area contributed by atoms with Crippen molar-refractivity contribution in [3.05, 3.63) is 64.2 Å². The molecule has 26 heavy (non-hydrogen) atoms. The van der Waals surface area contributed by atoms with Crippen LogP contribution in [-0.2, 0) is 25.2 Å². The first-order valence-electron chi connectivity index (χ1n) is 7.32. The summed E-state index contributed by atoms with van der Waals surface area (Å²) in [6.45, 7) is 0. The third-order valence-electron chi connectivity index (χ3n) is 3.41. The summed E-state index contributed by atoms with van der Waals surface area (Å²) in [6.07, 6.45) is 0. The molecule has 9 heteroatoms. The lowest BCUT2D eigenvalue weighted by Crippen LogP contribution is -2.18. The summed E-state index contributed by atoms with van der Waals surface area (Å²) < 4.78 is 36.6. The van der Waals surface area contributed by atoms with Gasteiger partial charge in [-0.2, -0.15) is 0 Å². The van der Waals surface area contributed by atoms with Crippen molar-refractivity contribution in [1.29, 1.82) is 0 Å². The third-order valence-corrected chi connectivity index (χ3v) is 5.01. The van der Waals surface area contributed by atoms with Gasteiger partial charge in [0.05, 0.1) is 36.8 Å². The van der Waals surface area contributed by atoms with E-state index in [1.165, 1.54) is 32.4 Å². The second kappa shape index (κ2) is 8.20. The molecule has 0 heterocycles. The highest BCUT2D eigenvalue weighted by molar-refractivity contribution is 7.91. The minimum atomic E-state index is -3.92. The van der Waals surface area contributed by atoms with Crippen molar-refractivity contribution in [3.8, 4) is 0 Å². The highest BCUT2D eigenvalue weighted by Crippen LogP contribution is 2.23. The van der Waals surface area contributed by atoms with Gasteiger partial charge in [0.1, 0.15) is 0 Å². The number of rotatable bonds is 6. The van der Waals surface area contributed by atoms with Crippen LogP contribution >= 0.6 is 11.6 Å². The van der Waals surface area contributed by atoms with Crippen molar-refractivity contribution < 1.29 is 27.5 Å². The molecule has 2 aromatic rings. The van der Waals surface area contributed by atoms with Crippen LogP contribution in [0.25, 0.3) is 0 Å². The normalized spacial score (nSPS) is 10.9. The van der Waals surface area contributed by atoms with E-state index in [1.54, 1.807) is 24.3 Å². The molecular weight excluding hydrogens is 382 g/mol. The van der Waals surface area contributed by atoms with Gasteiger partial charge in [-0.05, 0) is 29.8 Å². The Morgan fingerprint density at radius 3 is 2.31 bits per heavy atom. The van der Waals surface area contributed by atoms with Crippen molar-refractivity contribution in [1.82, 2.24) is 0 Å². The average Bonchev–Trinajstić information content (AvgIpc) is 2.61. The molecule has 0 aromatic heterocycles. The molecule has 0 fully saturated rings. The van der Waals surface area contributed by atoms with Crippen molar-refractivity contribution in [2.45, 2.75) is 5.75 Å². The molecule has 0 amide bonds. The molecule has 1 N–H and O–H groups in total. The van der Waals surface area contributed by atoms with Crippen LogP contribution in [0.4, 0.5) is 5.69 Å². The van der Waals surface area contributed by atoms with Gasteiger partial charge in [0.2, 0.25) is 10.0 Å². The van der Waals surface area contributed by atoms with E-state index in [0.29, 0.717) is 10.6 Å². The molecule has 0 spiro atoms. The molecule has 0 saturated carbocycles. The topological polar surface area (TPSA) is 98.8 Å². The van der Waals surface area contributed by atoms with Crippen molar-refractivity contribution >= 4 is 39.3 Å². The van der Waals surface area contributed by atoms with Crippen LogP contribution in [-0.4, -0.2) is 34.6 Å². The van der Waals surface area contributed by atoms with Crippen LogP contribution in [0.15, 0.2) is 42.5 Å². The Balaban J connectivity index is 2.40. The summed E-state index contributed by atoms with van der Waals surface area (Å²) >= 11 is 6.00. The Hall–Kier alpha value is -2.58. The summed E-state index contributed by atoms with van der Waals surface area (Å²) in [5.41, 5.74) is 0.343. The van der Waals surface area contributed by atoms with Crippen molar-refractivity contribution in [2.75, 3.05) is 18.9 Å². The van der Waals surface area contributed by atoms with Gasteiger partial charge in [-0.15, -0.1) is 0 Å². The standard InChI is InChI=1S/C17H16ClNO6S/c1-24-16(20)11-7-8-13(17(21)25-2)15(9-11)19-26(22,23)10-12-5-3-4-6-14(12)18/h3-9,19H,10H2,1-2H3. The zero-order valence-electron chi connectivity index (χ0n) is 14.0. The number of esters is 2. The fourth-order valence-corrected chi connectivity index (χ4v) is 3.70. The van der Waals surface area contributed by atoms with E-state index in [9.17, 15) is 18.0 Å². The number of hydrogen-bond donors (Lipinski definition) is 1. The molecule has 0 aliphatic rings. The molecule has 0 aliphatic heterocycles. The minimum absolute atomic E-state index is 0.0390. The van der Waals surface area contributed by atoms with Gasteiger partial charge < -0.3 is 9.47 Å². The number of sulfonamides is 1. The largest absolute Gasteiger partial charge is 0.465 e. The van der Waals surface area contributed by atoms with Gasteiger partial charge in [-0.3, -0.25) is 4.72 Å². The lowest BCUT2D eigenvalue weighted by Gasteiger charge is -2.13. The Kier molecular flexibility index (Phi) is 6.23. The molecule has 0 aliphatic carbocycles. The molecule has 0 atom stereocenters. The number of anilines is 1. The van der Waals surface area contributed by atoms with Crippen LogP contribution in [0.2, 0.25) is 5.02 Å². The first-order valence-corrected chi connectivity index (χ1v) is 9.35. The van der Waals surface area contributed by atoms with Crippen LogP contribution < -0.4 is 4.72 Å². The number of benzene rings is 2. The molecule has 0 unspecified atom stereocenters. The van der Waals surface area contributed by atoms with E-state index < -0.39 is 27.7 Å².